The summed E-state index contributed by atoms with van der Waals surface area (Å²) in [5.41, 5.74) is 7.00. The van der Waals surface area contributed by atoms with E-state index in [1.54, 1.807) is 11.6 Å². The Bertz CT molecular complexity index is 1460. The van der Waals surface area contributed by atoms with Crippen LogP contribution < -0.4 is 16.0 Å². The van der Waals surface area contributed by atoms with Gasteiger partial charge < -0.3 is 16.0 Å². The zero-order valence-corrected chi connectivity index (χ0v) is 19.5. The Labute approximate surface area is 200 Å². The summed E-state index contributed by atoms with van der Waals surface area (Å²) in [7, 11) is 0. The highest BCUT2D eigenvalue weighted by molar-refractivity contribution is 7.16. The fraction of sp³-hybridized carbons (Fsp3) is 0.0769. The molecule has 2 heterocycles. The van der Waals surface area contributed by atoms with Gasteiger partial charge in [0.05, 0.1) is 15.7 Å². The van der Waals surface area contributed by atoms with E-state index in [4.69, 9.17) is 0 Å². The van der Waals surface area contributed by atoms with Gasteiger partial charge >= 0.3 is 0 Å². The van der Waals surface area contributed by atoms with Gasteiger partial charge in [0, 0.05) is 28.7 Å². The van der Waals surface area contributed by atoms with Gasteiger partial charge in [0.1, 0.15) is 17.5 Å². The van der Waals surface area contributed by atoms with Crippen LogP contribution in [-0.4, -0.2) is 20.9 Å². The lowest BCUT2D eigenvalue weighted by Gasteiger charge is -2.11. The topological polar surface area (TPSA) is 91.8 Å². The standard InChI is InChI=1S/C26H22N6OS/c1-16-3-6-19(7-4-16)30-24-14-25(29-17(2)28-24)31-20-8-10-21(11-9-20)32-26(33)18-5-12-22-23(13-18)34-15-27-22/h3-15H,1-2H3,(H,32,33)(H2,28,29,30,31). The molecule has 0 radical (unpaired) electrons. The third kappa shape index (κ3) is 5.02. The first-order valence-electron chi connectivity index (χ1n) is 10.7. The summed E-state index contributed by atoms with van der Waals surface area (Å²) in [6, 6.07) is 23.0. The fourth-order valence-corrected chi connectivity index (χ4v) is 4.18. The van der Waals surface area contributed by atoms with E-state index in [2.05, 4.69) is 37.8 Å². The maximum atomic E-state index is 12.6. The minimum atomic E-state index is -0.158. The van der Waals surface area contributed by atoms with Crippen molar-refractivity contribution in [1.29, 1.82) is 0 Å². The van der Waals surface area contributed by atoms with Crippen LogP contribution in [0.5, 0.6) is 0 Å². The van der Waals surface area contributed by atoms with Crippen LogP contribution in [0.25, 0.3) is 10.2 Å². The van der Waals surface area contributed by atoms with Gasteiger partial charge in [-0.3, -0.25) is 4.79 Å². The van der Waals surface area contributed by atoms with E-state index in [-0.39, 0.29) is 5.91 Å². The first-order valence-corrected chi connectivity index (χ1v) is 11.6. The highest BCUT2D eigenvalue weighted by Crippen LogP contribution is 2.23. The second-order valence-corrected chi connectivity index (χ2v) is 8.75. The molecule has 7 nitrogen and oxygen atoms in total. The van der Waals surface area contributed by atoms with Crippen molar-refractivity contribution in [3.8, 4) is 0 Å². The molecule has 0 atom stereocenters. The number of hydrogen-bond acceptors (Lipinski definition) is 7. The molecule has 0 spiro atoms. The Morgan fingerprint density at radius 2 is 1.38 bits per heavy atom. The molecule has 0 aliphatic rings. The van der Waals surface area contributed by atoms with Gasteiger partial charge in [0.25, 0.3) is 5.91 Å². The summed E-state index contributed by atoms with van der Waals surface area (Å²) in [5.74, 6) is 1.88. The molecule has 34 heavy (non-hydrogen) atoms. The Kier molecular flexibility index (Phi) is 5.88. The van der Waals surface area contributed by atoms with E-state index >= 15 is 0 Å². The lowest BCUT2D eigenvalue weighted by molar-refractivity contribution is 0.102. The Balaban J connectivity index is 1.26. The van der Waals surface area contributed by atoms with E-state index in [0.29, 0.717) is 28.7 Å². The number of hydrogen-bond donors (Lipinski definition) is 3. The number of aromatic nitrogens is 3. The molecule has 0 aliphatic heterocycles. The van der Waals surface area contributed by atoms with Crippen molar-refractivity contribution in [2.45, 2.75) is 13.8 Å². The highest BCUT2D eigenvalue weighted by atomic mass is 32.1. The largest absolute Gasteiger partial charge is 0.340 e. The van der Waals surface area contributed by atoms with E-state index in [1.165, 1.54) is 16.9 Å². The van der Waals surface area contributed by atoms with Crippen LogP contribution in [0, 0.1) is 13.8 Å². The van der Waals surface area contributed by atoms with Crippen LogP contribution in [0.4, 0.5) is 28.7 Å². The number of carbonyl (C=O) groups is 1. The van der Waals surface area contributed by atoms with Gasteiger partial charge in [-0.2, -0.15) is 0 Å². The van der Waals surface area contributed by atoms with E-state index in [0.717, 1.165) is 21.6 Å². The van der Waals surface area contributed by atoms with Crippen molar-refractivity contribution >= 4 is 56.2 Å². The Morgan fingerprint density at radius 1 is 0.765 bits per heavy atom. The predicted molar refractivity (Wildman–Crippen MR) is 139 cm³/mol. The summed E-state index contributed by atoms with van der Waals surface area (Å²) < 4.78 is 0.989. The maximum absolute atomic E-state index is 12.6. The molecular weight excluding hydrogens is 444 g/mol. The van der Waals surface area contributed by atoms with Gasteiger partial charge in [0.15, 0.2) is 0 Å². The first kappa shape index (κ1) is 21.5. The molecule has 8 heteroatoms. The van der Waals surface area contributed by atoms with Crippen molar-refractivity contribution in [3.05, 3.63) is 95.3 Å². The number of aryl methyl sites for hydroxylation is 2. The summed E-state index contributed by atoms with van der Waals surface area (Å²) in [6.07, 6.45) is 0. The minimum Gasteiger partial charge on any atom is -0.340 e. The molecule has 5 aromatic rings. The zero-order chi connectivity index (χ0) is 23.5. The van der Waals surface area contributed by atoms with Gasteiger partial charge in [-0.05, 0) is 68.4 Å². The lowest BCUT2D eigenvalue weighted by atomic mass is 10.2. The summed E-state index contributed by atoms with van der Waals surface area (Å²) in [6.45, 7) is 3.91. The van der Waals surface area contributed by atoms with Gasteiger partial charge in [-0.25, -0.2) is 15.0 Å². The monoisotopic (exact) mass is 466 g/mol. The number of carbonyl (C=O) groups excluding carboxylic acids is 1. The zero-order valence-electron chi connectivity index (χ0n) is 18.7. The Morgan fingerprint density at radius 3 is 2.06 bits per heavy atom. The number of nitrogens with one attached hydrogen (secondary N) is 3. The SMILES string of the molecule is Cc1ccc(Nc2cc(Nc3ccc(NC(=O)c4ccc5ncsc5c4)cc3)nc(C)n2)cc1. The Hall–Kier alpha value is -4.30. The van der Waals surface area contributed by atoms with E-state index in [9.17, 15) is 4.79 Å². The number of fused-ring (bicyclic) bond motifs is 1. The molecule has 0 aliphatic carbocycles. The number of thiazole rings is 1. The van der Waals surface area contributed by atoms with Crippen LogP contribution in [0.3, 0.4) is 0 Å². The quantitative estimate of drug-likeness (QED) is 0.267. The third-order valence-corrected chi connectivity index (χ3v) is 5.96. The molecule has 1 amide bonds. The molecule has 5 rings (SSSR count). The van der Waals surface area contributed by atoms with Crippen LogP contribution in [-0.2, 0) is 0 Å². The molecule has 0 fully saturated rings. The van der Waals surface area contributed by atoms with E-state index < -0.39 is 0 Å². The molecular formula is C26H22N6OS. The van der Waals surface area contributed by atoms with Crippen molar-refractivity contribution in [3.63, 3.8) is 0 Å². The van der Waals surface area contributed by atoms with Crippen LogP contribution in [0.15, 0.2) is 78.3 Å². The lowest BCUT2D eigenvalue weighted by Crippen LogP contribution is -2.11. The minimum absolute atomic E-state index is 0.158. The third-order valence-electron chi connectivity index (χ3n) is 5.17. The normalized spacial score (nSPS) is 10.8. The molecule has 0 unspecified atom stereocenters. The average molecular weight is 467 g/mol. The maximum Gasteiger partial charge on any atom is 0.255 e. The van der Waals surface area contributed by atoms with Gasteiger partial charge in [0.2, 0.25) is 0 Å². The van der Waals surface area contributed by atoms with Crippen molar-refractivity contribution < 1.29 is 4.79 Å². The van der Waals surface area contributed by atoms with Crippen LogP contribution in [0.1, 0.15) is 21.7 Å². The number of anilines is 5. The molecule has 0 saturated carbocycles. The molecule has 0 saturated heterocycles. The fourth-order valence-electron chi connectivity index (χ4n) is 3.46. The first-order chi connectivity index (χ1) is 16.5. The summed E-state index contributed by atoms with van der Waals surface area (Å²) in [5, 5.41) is 9.55. The number of amides is 1. The van der Waals surface area contributed by atoms with Crippen molar-refractivity contribution in [2.75, 3.05) is 16.0 Å². The van der Waals surface area contributed by atoms with Crippen molar-refractivity contribution in [2.24, 2.45) is 0 Å². The van der Waals surface area contributed by atoms with Gasteiger partial charge in [-0.1, -0.05) is 17.7 Å². The number of nitrogens with zero attached hydrogens (tertiary/aromatic N) is 3. The van der Waals surface area contributed by atoms with Crippen LogP contribution in [0.2, 0.25) is 0 Å². The number of benzene rings is 3. The molecule has 3 aromatic carbocycles. The number of rotatable bonds is 6. The highest BCUT2D eigenvalue weighted by Gasteiger charge is 2.09. The van der Waals surface area contributed by atoms with Crippen molar-refractivity contribution in [1.82, 2.24) is 15.0 Å². The predicted octanol–water partition coefficient (Wildman–Crippen LogP) is 6.44. The second kappa shape index (κ2) is 9.29. The smallest absolute Gasteiger partial charge is 0.255 e. The second-order valence-electron chi connectivity index (χ2n) is 7.87. The summed E-state index contributed by atoms with van der Waals surface area (Å²) in [4.78, 5) is 25.8. The molecule has 168 valence electrons. The molecule has 2 aromatic heterocycles. The van der Waals surface area contributed by atoms with Crippen LogP contribution >= 0.6 is 11.3 Å². The molecule has 3 N–H and O–H groups in total. The molecule has 0 bridgehead atoms. The average Bonchev–Trinajstić information content (AvgIpc) is 3.29. The van der Waals surface area contributed by atoms with E-state index in [1.807, 2.05) is 73.7 Å². The van der Waals surface area contributed by atoms with Gasteiger partial charge in [-0.15, -0.1) is 11.3 Å². The summed E-state index contributed by atoms with van der Waals surface area (Å²) >= 11 is 1.52.